The number of carbonyl (C=O) groups excluding carboxylic acids is 8. The summed E-state index contributed by atoms with van der Waals surface area (Å²) in [7, 11) is 0. The predicted octanol–water partition coefficient (Wildman–Crippen LogP) is -4.40. The van der Waals surface area contributed by atoms with Crippen molar-refractivity contribution in [3.63, 3.8) is 0 Å². The van der Waals surface area contributed by atoms with Crippen LogP contribution in [-0.2, 0) is 47.9 Å². The maximum atomic E-state index is 13.6. The molecule has 0 unspecified atom stereocenters. The molecule has 0 saturated carbocycles. The lowest BCUT2D eigenvalue weighted by atomic mass is 9.99. The maximum absolute atomic E-state index is 13.6. The number of nitrogens with one attached hydrogen (secondary N) is 7. The van der Waals surface area contributed by atoms with Crippen LogP contribution in [0.4, 0.5) is 0 Å². The van der Waals surface area contributed by atoms with Crippen LogP contribution in [-0.4, -0.2) is 149 Å². The second kappa shape index (κ2) is 29.8. The molecule has 0 fully saturated rings. The van der Waals surface area contributed by atoms with E-state index in [9.17, 15) is 53.1 Å². The van der Waals surface area contributed by atoms with Crippen molar-refractivity contribution >= 4 is 89.5 Å². The lowest BCUT2D eigenvalue weighted by Crippen LogP contribution is -2.59. The highest BCUT2D eigenvalue weighted by atomic mass is 32.2. The fourth-order valence-electron chi connectivity index (χ4n) is 5.41. The standard InChI is InChI=1S/C36H64N12O12S2/c1-17(2)13-23(47-34(58)28(18(3)4)48-29(53)19(37)16-61)33(57)46-24(14-25(38)49)30(54)42-15-26(50)43-20(7-6-11-41-36(39)40)31(55)44-21(10-12-62-5)32(56)45-22(35(59)60)8-9-27(51)52/h17-24,28,61H,6-16,37H2,1-5H3,(H2,38,49)(H,42,54)(H,43,50)(H,44,55)(H,45,56)(H,46,57)(H,47,58)(H,48,53)(H,51,52)(H,59,60)(H4,39,40,41)/t19-,20-,21-,22-,23-,24-,28-/m0/s1. The van der Waals surface area contributed by atoms with Gasteiger partial charge in [-0.3, -0.25) is 48.1 Å². The van der Waals surface area contributed by atoms with E-state index in [4.69, 9.17) is 28.0 Å². The van der Waals surface area contributed by atoms with E-state index in [1.165, 1.54) is 11.8 Å². The molecule has 0 aliphatic carbocycles. The molecule has 0 aromatic carbocycles. The predicted molar refractivity (Wildman–Crippen MR) is 232 cm³/mol. The number of hydrogen-bond donors (Lipinski definition) is 14. The molecule has 0 spiro atoms. The summed E-state index contributed by atoms with van der Waals surface area (Å²) in [5.74, 6) is -10.3. The van der Waals surface area contributed by atoms with E-state index in [0.29, 0.717) is 5.75 Å². The van der Waals surface area contributed by atoms with Crippen molar-refractivity contribution < 1.29 is 58.2 Å². The highest BCUT2D eigenvalue weighted by Gasteiger charge is 2.34. The monoisotopic (exact) mass is 920 g/mol. The number of rotatable bonds is 31. The van der Waals surface area contributed by atoms with Gasteiger partial charge in [0.15, 0.2) is 5.96 Å². The molecule has 26 heteroatoms. The van der Waals surface area contributed by atoms with Gasteiger partial charge >= 0.3 is 11.9 Å². The van der Waals surface area contributed by atoms with Crippen molar-refractivity contribution in [2.45, 2.75) is 115 Å². The molecule has 0 heterocycles. The number of thioether (sulfide) groups is 1. The Labute approximate surface area is 369 Å². The number of carboxylic acid groups (broad SMARTS) is 2. The number of aliphatic carboxylic acids is 2. The van der Waals surface area contributed by atoms with E-state index in [1.807, 2.05) is 0 Å². The molecule has 0 aliphatic rings. The molecule has 0 rings (SSSR count). The highest BCUT2D eigenvalue weighted by Crippen LogP contribution is 2.10. The maximum Gasteiger partial charge on any atom is 0.326 e. The number of hydrogen-bond acceptors (Lipinski definition) is 14. The second-order valence-electron chi connectivity index (χ2n) is 14.9. The molecular weight excluding hydrogens is 857 g/mol. The van der Waals surface area contributed by atoms with Gasteiger partial charge in [-0.05, 0) is 55.9 Å². The average Bonchev–Trinajstić information content (AvgIpc) is 3.18. The Balaban J connectivity index is 6.15. The van der Waals surface area contributed by atoms with E-state index < -0.39 is 133 Å². The van der Waals surface area contributed by atoms with Crippen LogP contribution in [0.1, 0.15) is 72.6 Å². The Morgan fingerprint density at radius 1 is 0.677 bits per heavy atom. The molecule has 0 aromatic rings. The first-order valence-corrected chi connectivity index (χ1v) is 21.7. The van der Waals surface area contributed by atoms with Gasteiger partial charge in [-0.25, -0.2) is 4.79 Å². The van der Waals surface area contributed by atoms with Gasteiger partial charge in [-0.15, -0.1) is 0 Å². The topological polar surface area (TPSA) is 412 Å². The molecule has 8 amide bonds. The molecule has 0 bridgehead atoms. The van der Waals surface area contributed by atoms with Gasteiger partial charge in [0.05, 0.1) is 19.0 Å². The van der Waals surface area contributed by atoms with Gasteiger partial charge < -0.3 is 70.4 Å². The molecule has 0 radical (unpaired) electrons. The summed E-state index contributed by atoms with van der Waals surface area (Å²) in [6.45, 7) is 6.09. The van der Waals surface area contributed by atoms with Crippen LogP contribution in [0.15, 0.2) is 4.99 Å². The molecule has 17 N–H and O–H groups in total. The number of carbonyl (C=O) groups is 10. The minimum Gasteiger partial charge on any atom is -0.481 e. The third-order valence-electron chi connectivity index (χ3n) is 8.68. The molecule has 352 valence electrons. The first-order valence-electron chi connectivity index (χ1n) is 19.7. The Kier molecular flexibility index (Phi) is 27.2. The SMILES string of the molecule is CSCC[C@H](NC(=O)[C@H](CCCN=C(N)N)NC(=O)CNC(=O)[C@H](CC(N)=O)NC(=O)[C@H](CC(C)C)NC(=O)[C@@H](NC(=O)[C@@H](N)CS)C(C)C)C(=O)N[C@@H](CCC(=O)O)C(=O)O. The van der Waals surface area contributed by atoms with Crippen LogP contribution < -0.4 is 60.2 Å². The van der Waals surface area contributed by atoms with Crippen LogP contribution in [0.2, 0.25) is 0 Å². The zero-order chi connectivity index (χ0) is 47.7. The number of nitrogens with two attached hydrogens (primary N) is 4. The molecule has 0 aromatic heterocycles. The van der Waals surface area contributed by atoms with Gasteiger partial charge in [-0.1, -0.05) is 27.7 Å². The number of amides is 8. The van der Waals surface area contributed by atoms with Gasteiger partial charge in [-0.2, -0.15) is 24.4 Å². The smallest absolute Gasteiger partial charge is 0.326 e. The number of carboxylic acids is 2. The Hall–Kier alpha value is -5.37. The molecular formula is C36H64N12O12S2. The van der Waals surface area contributed by atoms with Gasteiger partial charge in [0, 0.05) is 18.7 Å². The second-order valence-corrected chi connectivity index (χ2v) is 16.3. The fraction of sp³-hybridized carbons (Fsp3) is 0.694. The number of guanidine groups is 1. The normalized spacial score (nSPS) is 14.3. The van der Waals surface area contributed by atoms with Crippen LogP contribution >= 0.6 is 24.4 Å². The molecule has 62 heavy (non-hydrogen) atoms. The molecule has 24 nitrogen and oxygen atoms in total. The minimum atomic E-state index is -1.63. The summed E-state index contributed by atoms with van der Waals surface area (Å²) in [5, 5.41) is 35.4. The summed E-state index contributed by atoms with van der Waals surface area (Å²) >= 11 is 5.31. The minimum absolute atomic E-state index is 0.00898. The Morgan fingerprint density at radius 2 is 1.23 bits per heavy atom. The molecule has 7 atom stereocenters. The quantitative estimate of drug-likeness (QED) is 0.0135. The summed E-state index contributed by atoms with van der Waals surface area (Å²) in [4.78, 5) is 131. The summed E-state index contributed by atoms with van der Waals surface area (Å²) in [5.41, 5.74) is 21.9. The van der Waals surface area contributed by atoms with Crippen molar-refractivity contribution in [3.05, 3.63) is 0 Å². The Morgan fingerprint density at radius 3 is 1.73 bits per heavy atom. The zero-order valence-electron chi connectivity index (χ0n) is 35.6. The third kappa shape index (κ3) is 23.6. The number of nitrogens with zero attached hydrogens (tertiary/aromatic N) is 1. The van der Waals surface area contributed by atoms with E-state index in [-0.39, 0.29) is 49.9 Å². The largest absolute Gasteiger partial charge is 0.481 e. The lowest BCUT2D eigenvalue weighted by molar-refractivity contribution is -0.143. The van der Waals surface area contributed by atoms with E-state index in [2.05, 4.69) is 54.8 Å². The van der Waals surface area contributed by atoms with Crippen LogP contribution in [0.3, 0.4) is 0 Å². The van der Waals surface area contributed by atoms with Crippen LogP contribution in [0.25, 0.3) is 0 Å². The van der Waals surface area contributed by atoms with Gasteiger partial charge in [0.2, 0.25) is 47.3 Å². The first-order chi connectivity index (χ1) is 28.9. The van der Waals surface area contributed by atoms with Gasteiger partial charge in [0.25, 0.3) is 0 Å². The van der Waals surface area contributed by atoms with Crippen molar-refractivity contribution in [2.24, 2.45) is 39.8 Å². The van der Waals surface area contributed by atoms with Crippen molar-refractivity contribution in [2.75, 3.05) is 30.9 Å². The number of aliphatic imine (C=N–C) groups is 1. The number of primary amides is 1. The fourth-order valence-corrected chi connectivity index (χ4v) is 6.05. The van der Waals surface area contributed by atoms with Crippen molar-refractivity contribution in [3.8, 4) is 0 Å². The molecule has 0 saturated heterocycles. The highest BCUT2D eigenvalue weighted by molar-refractivity contribution is 7.98. The van der Waals surface area contributed by atoms with Crippen molar-refractivity contribution in [1.82, 2.24) is 37.2 Å². The van der Waals surface area contributed by atoms with Gasteiger partial charge in [0.1, 0.15) is 36.3 Å². The first kappa shape index (κ1) is 56.6. The van der Waals surface area contributed by atoms with E-state index >= 15 is 0 Å². The average molecular weight is 921 g/mol. The Bertz CT molecular complexity index is 1600. The van der Waals surface area contributed by atoms with Crippen LogP contribution in [0, 0.1) is 11.8 Å². The summed E-state index contributed by atoms with van der Waals surface area (Å²) in [6, 6.07) is -9.25. The molecule has 0 aliphatic heterocycles. The summed E-state index contributed by atoms with van der Waals surface area (Å²) < 4.78 is 0. The van der Waals surface area contributed by atoms with Crippen molar-refractivity contribution in [1.29, 1.82) is 0 Å². The third-order valence-corrected chi connectivity index (χ3v) is 9.72. The van der Waals surface area contributed by atoms with E-state index in [0.717, 1.165) is 0 Å². The van der Waals surface area contributed by atoms with Crippen LogP contribution in [0.5, 0.6) is 0 Å². The van der Waals surface area contributed by atoms with E-state index in [1.54, 1.807) is 34.0 Å². The number of thiol groups is 1. The zero-order valence-corrected chi connectivity index (χ0v) is 37.3. The summed E-state index contributed by atoms with van der Waals surface area (Å²) in [6.07, 6.45) is 0.141. The lowest BCUT2D eigenvalue weighted by Gasteiger charge is -2.28.